The number of nitrogens with one attached hydrogen (secondary N) is 2. The molecule has 2 aromatic rings. The van der Waals surface area contributed by atoms with Crippen LogP contribution in [0.5, 0.6) is 5.75 Å². The van der Waals surface area contributed by atoms with Crippen LogP contribution in [0.4, 0.5) is 24.0 Å². The normalized spacial score (nSPS) is 11.9. The SMILES string of the molecule is CC(C)(C)NC(=O)c1csc(Nc2ccc(OC(F)(F)F)cc2)n1. The van der Waals surface area contributed by atoms with Crippen molar-refractivity contribution in [3.05, 3.63) is 35.3 Å². The van der Waals surface area contributed by atoms with Gasteiger partial charge in [-0.2, -0.15) is 0 Å². The van der Waals surface area contributed by atoms with Crippen molar-refractivity contribution in [3.63, 3.8) is 0 Å². The van der Waals surface area contributed by atoms with E-state index in [1.807, 2.05) is 20.8 Å². The van der Waals surface area contributed by atoms with Gasteiger partial charge in [-0.05, 0) is 45.0 Å². The van der Waals surface area contributed by atoms with Crippen molar-refractivity contribution in [3.8, 4) is 5.75 Å². The fourth-order valence-corrected chi connectivity index (χ4v) is 2.41. The van der Waals surface area contributed by atoms with Crippen molar-refractivity contribution in [1.29, 1.82) is 0 Å². The molecule has 0 saturated carbocycles. The van der Waals surface area contributed by atoms with Crippen LogP contribution in [0.1, 0.15) is 31.3 Å². The minimum atomic E-state index is -4.72. The molecular weight excluding hydrogens is 343 g/mol. The molecule has 0 spiro atoms. The lowest BCUT2D eigenvalue weighted by Crippen LogP contribution is -2.40. The summed E-state index contributed by atoms with van der Waals surface area (Å²) in [5, 5.41) is 7.78. The van der Waals surface area contributed by atoms with Crippen molar-refractivity contribution >= 4 is 28.1 Å². The zero-order valence-corrected chi connectivity index (χ0v) is 14.0. The highest BCUT2D eigenvalue weighted by Gasteiger charge is 2.30. The maximum absolute atomic E-state index is 12.1. The standard InChI is InChI=1S/C15H16F3N3O2S/c1-14(2,3)21-12(22)11-8-24-13(20-11)19-9-4-6-10(7-5-9)23-15(16,17)18/h4-8H,1-3H3,(H,19,20)(H,21,22). The Bertz CT molecular complexity index is 706. The number of hydrogen-bond donors (Lipinski definition) is 2. The van der Waals surface area contributed by atoms with E-state index in [2.05, 4.69) is 20.4 Å². The molecule has 0 fully saturated rings. The van der Waals surface area contributed by atoms with Crippen LogP contribution in [0.15, 0.2) is 29.6 Å². The van der Waals surface area contributed by atoms with E-state index in [1.54, 1.807) is 5.38 Å². The van der Waals surface area contributed by atoms with Gasteiger partial charge >= 0.3 is 6.36 Å². The molecule has 0 radical (unpaired) electrons. The minimum absolute atomic E-state index is 0.273. The zero-order chi connectivity index (χ0) is 18.0. The van der Waals surface area contributed by atoms with Crippen LogP contribution in [-0.2, 0) is 0 Å². The topological polar surface area (TPSA) is 63.2 Å². The molecule has 0 atom stereocenters. The van der Waals surface area contributed by atoms with Crippen LogP contribution in [0.25, 0.3) is 0 Å². The summed E-state index contributed by atoms with van der Waals surface area (Å²) in [4.78, 5) is 16.1. The largest absolute Gasteiger partial charge is 0.573 e. The van der Waals surface area contributed by atoms with Crippen LogP contribution in [0.3, 0.4) is 0 Å². The summed E-state index contributed by atoms with van der Waals surface area (Å²) in [5.74, 6) is -0.599. The van der Waals surface area contributed by atoms with Crippen LogP contribution in [0, 0.1) is 0 Å². The Labute approximate surface area is 140 Å². The molecule has 9 heteroatoms. The molecule has 1 amide bonds. The smallest absolute Gasteiger partial charge is 0.406 e. The quantitative estimate of drug-likeness (QED) is 0.854. The maximum Gasteiger partial charge on any atom is 0.573 e. The second-order valence-corrected chi connectivity index (χ2v) is 6.80. The molecule has 24 heavy (non-hydrogen) atoms. The summed E-state index contributed by atoms with van der Waals surface area (Å²) >= 11 is 1.22. The number of anilines is 2. The lowest BCUT2D eigenvalue weighted by molar-refractivity contribution is -0.274. The van der Waals surface area contributed by atoms with Crippen LogP contribution < -0.4 is 15.4 Å². The van der Waals surface area contributed by atoms with Gasteiger partial charge in [0.15, 0.2) is 5.13 Å². The monoisotopic (exact) mass is 359 g/mol. The first-order chi connectivity index (χ1) is 11.0. The third kappa shape index (κ3) is 5.73. The van der Waals surface area contributed by atoms with Gasteiger partial charge in [-0.15, -0.1) is 24.5 Å². The number of hydrogen-bond acceptors (Lipinski definition) is 5. The number of carbonyl (C=O) groups excluding carboxylic acids is 1. The van der Waals surface area contributed by atoms with Crippen molar-refractivity contribution in [1.82, 2.24) is 10.3 Å². The number of thiazole rings is 1. The van der Waals surface area contributed by atoms with E-state index in [0.29, 0.717) is 10.8 Å². The Balaban J connectivity index is 2.01. The first-order valence-electron chi connectivity index (χ1n) is 6.93. The number of halogens is 3. The molecule has 0 saturated heterocycles. The molecule has 0 aliphatic heterocycles. The molecule has 0 unspecified atom stereocenters. The molecular formula is C15H16F3N3O2S. The first-order valence-corrected chi connectivity index (χ1v) is 7.81. The van der Waals surface area contributed by atoms with E-state index in [1.165, 1.54) is 35.6 Å². The van der Waals surface area contributed by atoms with Crippen molar-refractivity contribution in [2.45, 2.75) is 32.7 Å². The highest BCUT2D eigenvalue weighted by Crippen LogP contribution is 2.26. The number of alkyl halides is 3. The van der Waals surface area contributed by atoms with Crippen LogP contribution in [-0.4, -0.2) is 22.8 Å². The number of ether oxygens (including phenoxy) is 1. The highest BCUT2D eigenvalue weighted by molar-refractivity contribution is 7.14. The van der Waals surface area contributed by atoms with Gasteiger partial charge < -0.3 is 15.4 Å². The van der Waals surface area contributed by atoms with Gasteiger partial charge in [0.2, 0.25) is 0 Å². The fourth-order valence-electron chi connectivity index (χ4n) is 1.70. The number of carbonyl (C=O) groups is 1. The Morgan fingerprint density at radius 2 is 1.79 bits per heavy atom. The molecule has 0 bridgehead atoms. The predicted octanol–water partition coefficient (Wildman–Crippen LogP) is 4.31. The molecule has 1 heterocycles. The number of aromatic nitrogens is 1. The second kappa shape index (κ2) is 6.68. The van der Waals surface area contributed by atoms with E-state index in [0.717, 1.165) is 0 Å². The molecule has 2 N–H and O–H groups in total. The number of nitrogens with zero attached hydrogens (tertiary/aromatic N) is 1. The zero-order valence-electron chi connectivity index (χ0n) is 13.2. The van der Waals surface area contributed by atoms with Gasteiger partial charge in [-0.25, -0.2) is 4.98 Å². The fraction of sp³-hybridized carbons (Fsp3) is 0.333. The van der Waals surface area contributed by atoms with Crippen molar-refractivity contribution in [2.75, 3.05) is 5.32 Å². The third-order valence-electron chi connectivity index (χ3n) is 2.56. The first kappa shape index (κ1) is 18.1. The van der Waals surface area contributed by atoms with Gasteiger partial charge in [0, 0.05) is 16.6 Å². The van der Waals surface area contributed by atoms with E-state index in [4.69, 9.17) is 0 Å². The Morgan fingerprint density at radius 1 is 1.17 bits per heavy atom. The Kier molecular flexibility index (Phi) is 5.02. The average molecular weight is 359 g/mol. The summed E-state index contributed by atoms with van der Waals surface area (Å²) in [6.45, 7) is 5.59. The highest BCUT2D eigenvalue weighted by atomic mass is 32.1. The summed E-state index contributed by atoms with van der Waals surface area (Å²) in [5.41, 5.74) is 0.430. The van der Waals surface area contributed by atoms with E-state index in [9.17, 15) is 18.0 Å². The average Bonchev–Trinajstić information content (AvgIpc) is 2.86. The molecule has 0 aliphatic rings. The third-order valence-corrected chi connectivity index (χ3v) is 3.32. The van der Waals surface area contributed by atoms with E-state index >= 15 is 0 Å². The molecule has 5 nitrogen and oxygen atoms in total. The summed E-state index contributed by atoms with van der Waals surface area (Å²) < 4.78 is 40.1. The van der Waals surface area contributed by atoms with Gasteiger partial charge in [-0.1, -0.05) is 0 Å². The second-order valence-electron chi connectivity index (χ2n) is 5.94. The van der Waals surface area contributed by atoms with Crippen molar-refractivity contribution in [2.24, 2.45) is 0 Å². The van der Waals surface area contributed by atoms with Gasteiger partial charge in [-0.3, -0.25) is 4.79 Å². The summed E-state index contributed by atoms with van der Waals surface area (Å²) in [6, 6.07) is 5.24. The van der Waals surface area contributed by atoms with E-state index < -0.39 is 6.36 Å². The number of amides is 1. The van der Waals surface area contributed by atoms with Crippen molar-refractivity contribution < 1.29 is 22.7 Å². The van der Waals surface area contributed by atoms with E-state index in [-0.39, 0.29) is 22.9 Å². The number of rotatable bonds is 4. The van der Waals surface area contributed by atoms with Gasteiger partial charge in [0.1, 0.15) is 11.4 Å². The Morgan fingerprint density at radius 3 is 2.33 bits per heavy atom. The molecule has 1 aromatic heterocycles. The maximum atomic E-state index is 12.1. The molecule has 1 aromatic carbocycles. The summed E-state index contributed by atoms with van der Waals surface area (Å²) in [7, 11) is 0. The summed E-state index contributed by atoms with van der Waals surface area (Å²) in [6.07, 6.45) is -4.72. The van der Waals surface area contributed by atoms with Gasteiger partial charge in [0.05, 0.1) is 0 Å². The van der Waals surface area contributed by atoms with Gasteiger partial charge in [0.25, 0.3) is 5.91 Å². The lowest BCUT2D eigenvalue weighted by Gasteiger charge is -2.19. The minimum Gasteiger partial charge on any atom is -0.406 e. The lowest BCUT2D eigenvalue weighted by atomic mass is 10.1. The predicted molar refractivity (Wildman–Crippen MR) is 85.7 cm³/mol. The van der Waals surface area contributed by atoms with Crippen LogP contribution >= 0.6 is 11.3 Å². The molecule has 2 rings (SSSR count). The van der Waals surface area contributed by atoms with Crippen LogP contribution in [0.2, 0.25) is 0 Å². The molecule has 0 aliphatic carbocycles. The number of benzene rings is 1. The molecule has 130 valence electrons. The Hall–Kier alpha value is -2.29.